The summed E-state index contributed by atoms with van der Waals surface area (Å²) in [5.41, 5.74) is -0.442. The summed E-state index contributed by atoms with van der Waals surface area (Å²) in [5, 5.41) is 13.5. The molecule has 0 aliphatic carbocycles. The van der Waals surface area contributed by atoms with Gasteiger partial charge in [-0.15, -0.1) is 0 Å². The van der Waals surface area contributed by atoms with E-state index in [2.05, 4.69) is 45.0 Å². The molecule has 4 rings (SSSR count). The van der Waals surface area contributed by atoms with Crippen LogP contribution < -0.4 is 10.4 Å². The predicted octanol–water partition coefficient (Wildman–Crippen LogP) is 5.85. The zero-order valence-corrected chi connectivity index (χ0v) is 22.0. The molecule has 0 saturated carbocycles. The van der Waals surface area contributed by atoms with Gasteiger partial charge in [-0.1, -0.05) is 100 Å². The van der Waals surface area contributed by atoms with E-state index in [1.165, 1.54) is 12.1 Å². The van der Waals surface area contributed by atoms with Gasteiger partial charge >= 0.3 is 6.18 Å². The van der Waals surface area contributed by atoms with Crippen LogP contribution in [0.15, 0.2) is 84.9 Å². The normalized spacial score (nSPS) is 23.1. The van der Waals surface area contributed by atoms with Gasteiger partial charge in [-0.3, -0.25) is 0 Å². The van der Waals surface area contributed by atoms with Crippen molar-refractivity contribution in [3.63, 3.8) is 0 Å². The molecular weight excluding hydrogens is 481 g/mol. The Balaban J connectivity index is 1.62. The first-order chi connectivity index (χ1) is 16.9. The predicted molar refractivity (Wildman–Crippen MR) is 138 cm³/mol. The van der Waals surface area contributed by atoms with Crippen LogP contribution in [-0.4, -0.2) is 26.1 Å². The molecule has 0 amide bonds. The van der Waals surface area contributed by atoms with Crippen molar-refractivity contribution in [2.75, 3.05) is 6.61 Å². The first-order valence-corrected chi connectivity index (χ1v) is 14.1. The van der Waals surface area contributed by atoms with E-state index >= 15 is 0 Å². The van der Waals surface area contributed by atoms with Gasteiger partial charge in [0.15, 0.2) is 5.79 Å². The molecule has 0 radical (unpaired) electrons. The molecule has 1 aliphatic heterocycles. The van der Waals surface area contributed by atoms with Crippen molar-refractivity contribution < 1.29 is 27.4 Å². The first-order valence-electron chi connectivity index (χ1n) is 12.2. The van der Waals surface area contributed by atoms with Crippen LogP contribution in [0.4, 0.5) is 13.2 Å². The molecule has 192 valence electrons. The molecule has 1 N–H and O–H groups in total. The number of ether oxygens (including phenoxy) is 1. The van der Waals surface area contributed by atoms with Crippen molar-refractivity contribution in [2.24, 2.45) is 5.92 Å². The SMILES string of the molecule is C[C@H]1C[C@@H](CO[Si](c2ccccc2)(c2ccccc2)C(C)(C)C)OC1(O)c1ccc(C(F)(F)F)cc1. The van der Waals surface area contributed by atoms with Crippen LogP contribution in [0, 0.1) is 5.92 Å². The smallest absolute Gasteiger partial charge is 0.405 e. The van der Waals surface area contributed by atoms with Crippen LogP contribution in [0.1, 0.15) is 45.2 Å². The van der Waals surface area contributed by atoms with E-state index < -0.39 is 31.9 Å². The van der Waals surface area contributed by atoms with Crippen molar-refractivity contribution in [1.29, 1.82) is 0 Å². The number of hydrogen-bond donors (Lipinski definition) is 1. The molecule has 3 aromatic rings. The Morgan fingerprint density at radius 2 is 1.39 bits per heavy atom. The topological polar surface area (TPSA) is 38.7 Å². The molecule has 1 aliphatic rings. The van der Waals surface area contributed by atoms with Crippen molar-refractivity contribution in [3.05, 3.63) is 96.1 Å². The van der Waals surface area contributed by atoms with Crippen LogP contribution >= 0.6 is 0 Å². The third kappa shape index (κ3) is 4.90. The summed E-state index contributed by atoms with van der Waals surface area (Å²) < 4.78 is 52.1. The summed E-state index contributed by atoms with van der Waals surface area (Å²) in [6.45, 7) is 8.68. The molecule has 1 saturated heterocycles. The van der Waals surface area contributed by atoms with Gasteiger partial charge in [0.25, 0.3) is 8.32 Å². The minimum atomic E-state index is -4.44. The van der Waals surface area contributed by atoms with E-state index in [0.29, 0.717) is 12.0 Å². The number of halogens is 3. The molecule has 3 atom stereocenters. The number of rotatable bonds is 6. The maximum absolute atomic E-state index is 13.0. The van der Waals surface area contributed by atoms with Gasteiger partial charge < -0.3 is 14.3 Å². The maximum atomic E-state index is 13.0. The highest BCUT2D eigenvalue weighted by Gasteiger charge is 2.52. The van der Waals surface area contributed by atoms with Crippen molar-refractivity contribution >= 4 is 18.7 Å². The Bertz CT molecular complexity index is 1100. The van der Waals surface area contributed by atoms with Gasteiger partial charge in [0.1, 0.15) is 0 Å². The Morgan fingerprint density at radius 3 is 1.83 bits per heavy atom. The summed E-state index contributed by atoms with van der Waals surface area (Å²) in [5.74, 6) is -1.99. The van der Waals surface area contributed by atoms with E-state index in [9.17, 15) is 18.3 Å². The van der Waals surface area contributed by atoms with Crippen LogP contribution in [0.5, 0.6) is 0 Å². The second kappa shape index (κ2) is 9.78. The molecule has 1 fully saturated rings. The van der Waals surface area contributed by atoms with E-state index in [4.69, 9.17) is 9.16 Å². The van der Waals surface area contributed by atoms with E-state index in [1.54, 1.807) is 0 Å². The molecule has 0 bridgehead atoms. The molecular formula is C29H33F3O3Si. The summed E-state index contributed by atoms with van der Waals surface area (Å²) in [7, 11) is -2.78. The fraction of sp³-hybridized carbons (Fsp3) is 0.379. The quantitative estimate of drug-likeness (QED) is 0.420. The van der Waals surface area contributed by atoms with Crippen molar-refractivity contribution in [2.45, 2.75) is 57.2 Å². The zero-order chi connectivity index (χ0) is 26.2. The average molecular weight is 515 g/mol. The van der Waals surface area contributed by atoms with Gasteiger partial charge in [0, 0.05) is 11.5 Å². The third-order valence-electron chi connectivity index (χ3n) is 7.16. The maximum Gasteiger partial charge on any atom is 0.416 e. The largest absolute Gasteiger partial charge is 0.416 e. The molecule has 1 unspecified atom stereocenters. The Labute approximate surface area is 212 Å². The average Bonchev–Trinajstić information content (AvgIpc) is 3.14. The van der Waals surface area contributed by atoms with Gasteiger partial charge in [-0.2, -0.15) is 13.2 Å². The number of alkyl halides is 3. The highest BCUT2D eigenvalue weighted by molar-refractivity contribution is 6.99. The van der Waals surface area contributed by atoms with Crippen LogP contribution in [0.25, 0.3) is 0 Å². The molecule has 0 spiro atoms. The fourth-order valence-corrected chi connectivity index (χ4v) is 9.90. The minimum Gasteiger partial charge on any atom is -0.405 e. The zero-order valence-electron chi connectivity index (χ0n) is 21.0. The lowest BCUT2D eigenvalue weighted by Gasteiger charge is -2.43. The second-order valence-electron chi connectivity index (χ2n) is 10.6. The van der Waals surface area contributed by atoms with E-state index in [-0.39, 0.29) is 17.6 Å². The molecule has 3 aromatic carbocycles. The standard InChI is InChI=1S/C29H33F3O3Si/c1-21-19-24(35-28(21,33)22-15-17-23(18-16-22)29(30,31)32)20-34-36(27(2,3)4,25-11-7-5-8-12-25)26-13-9-6-10-14-26/h5-18,21,24,33H,19-20H2,1-4H3/t21-,24-,28?/m0/s1. The third-order valence-corrected chi connectivity index (χ3v) is 12.2. The highest BCUT2D eigenvalue weighted by Crippen LogP contribution is 2.44. The molecule has 1 heterocycles. The summed E-state index contributed by atoms with van der Waals surface area (Å²) in [6.07, 6.45) is -4.32. The van der Waals surface area contributed by atoms with Gasteiger partial charge in [0.2, 0.25) is 0 Å². The van der Waals surface area contributed by atoms with Gasteiger partial charge in [-0.05, 0) is 34.0 Å². The Hall–Kier alpha value is -2.45. The molecule has 36 heavy (non-hydrogen) atoms. The summed E-state index contributed by atoms with van der Waals surface area (Å²) in [6, 6.07) is 25.1. The van der Waals surface area contributed by atoms with E-state index in [0.717, 1.165) is 22.5 Å². The second-order valence-corrected chi connectivity index (χ2v) is 14.9. The molecule has 3 nitrogen and oxygen atoms in total. The highest BCUT2D eigenvalue weighted by atomic mass is 28.4. The lowest BCUT2D eigenvalue weighted by Crippen LogP contribution is -2.67. The monoisotopic (exact) mass is 514 g/mol. The number of hydrogen-bond acceptors (Lipinski definition) is 3. The van der Waals surface area contributed by atoms with Crippen molar-refractivity contribution in [3.8, 4) is 0 Å². The van der Waals surface area contributed by atoms with Gasteiger partial charge in [-0.25, -0.2) is 0 Å². The lowest BCUT2D eigenvalue weighted by molar-refractivity contribution is -0.222. The molecule has 7 heteroatoms. The first kappa shape index (κ1) is 26.6. The van der Waals surface area contributed by atoms with Crippen LogP contribution in [-0.2, 0) is 21.1 Å². The fourth-order valence-electron chi connectivity index (χ4n) is 5.30. The summed E-state index contributed by atoms with van der Waals surface area (Å²) in [4.78, 5) is 0. The van der Waals surface area contributed by atoms with Gasteiger partial charge in [0.05, 0.1) is 18.3 Å². The Morgan fingerprint density at radius 1 is 0.889 bits per heavy atom. The Kier molecular flexibility index (Phi) is 7.23. The van der Waals surface area contributed by atoms with Crippen LogP contribution in [0.2, 0.25) is 5.04 Å². The number of aliphatic hydroxyl groups is 1. The van der Waals surface area contributed by atoms with Crippen molar-refractivity contribution in [1.82, 2.24) is 0 Å². The lowest BCUT2D eigenvalue weighted by atomic mass is 9.92. The number of benzene rings is 3. The molecule has 0 aromatic heterocycles. The minimum absolute atomic E-state index is 0.205. The summed E-state index contributed by atoms with van der Waals surface area (Å²) >= 11 is 0. The van der Waals surface area contributed by atoms with E-state index in [1.807, 2.05) is 43.3 Å². The van der Waals surface area contributed by atoms with Crippen LogP contribution in [0.3, 0.4) is 0 Å².